The Morgan fingerprint density at radius 1 is 0.512 bits per heavy atom. The molecule has 0 aliphatic carbocycles. The summed E-state index contributed by atoms with van der Waals surface area (Å²) in [6.45, 7) is -8.08. The maximum Gasteiger partial charge on any atom is 0.305 e. The molecule has 6 aliphatic rings. The van der Waals surface area contributed by atoms with E-state index >= 15 is 0 Å². The summed E-state index contributed by atoms with van der Waals surface area (Å²) in [4.78, 5) is 135. The molecule has 2 aromatic rings. The van der Waals surface area contributed by atoms with E-state index in [1.807, 2.05) is 0 Å². The van der Waals surface area contributed by atoms with Gasteiger partial charge in [0.05, 0.1) is 85.1 Å². The van der Waals surface area contributed by atoms with Gasteiger partial charge in [0, 0.05) is 39.1 Å². The van der Waals surface area contributed by atoms with Gasteiger partial charge in [0.25, 0.3) is 10.9 Å². The normalized spacial score (nSPS) is 33.1. The molecular weight excluding hydrogens is 1740 g/mol. The number of carboxylic acid groups (broad SMARTS) is 1. The van der Waals surface area contributed by atoms with Gasteiger partial charge in [-0.2, -0.15) is 0 Å². The number of amides is 7. The molecule has 0 radical (unpaired) electrons. The molecule has 6 fully saturated rings. The van der Waals surface area contributed by atoms with Gasteiger partial charge in [-0.05, 0) is 37.7 Å². The standard InChI is InChI=1S/C75H118N12O42/c76-75(77)81-12-6-10-32-66(113)83-22-43(94)84-35(20-46(97)98)69(116)87-34(19-31-7-2-1-3-8-31)68(115)86-33(67(114)85-32)9-4-5-11-78-44(95)30-119-18-17-117-15-13-79-45(96)29-118-16-14-80-47-48(54(104)53(47)103)82-21-36(90)51(101)63(37(91)23-88)127-73-61(111)56(106)65(41(125-73)27-122-70-58(108)49(99)38(92)25-120-70)129-74-62(112)57(107)64(128-72-60(110)55(105)52(102)40(24-89)124-72)42(126-74)28-123-71-59(109)50(100)39(93)26-121-71/h1-3,7-8,32-42,49-52,55-65,70-74,80,82,88-93,99-102,105-112H,4-6,9-30H2,(H,78,95)(H,79,96)(H,83,113)(H,84,94)(H,85,114)(H,86,115)(H,87,116)(H,97,98)(H4,76,77,81)/t32-,33-,34+,35-,36-,37+,38+,39+,40+,41+,42+,49-,50-,51+,52+,55-,56+,57+,58+,59+,60+,61+,62+,63+,64+,65+,70+,71+,72+,73-,74-/m0/s1. The summed E-state index contributed by atoms with van der Waals surface area (Å²) in [5.74, 6) is -7.31. The number of guanidine groups is 1. The molecule has 8 rings (SSSR count). The van der Waals surface area contributed by atoms with E-state index in [4.69, 9.17) is 73.0 Å². The number of unbranched alkanes of at least 4 members (excludes halogenated alkanes) is 1. The second-order valence-corrected chi connectivity index (χ2v) is 30.9. The molecular formula is C75H118N12O42. The molecule has 31 atom stereocenters. The number of aliphatic imine (C=N–C) groups is 1. The Kier molecular flexibility index (Phi) is 42.9. The topological polar surface area (TPSA) is 848 Å². The Morgan fingerprint density at radius 3 is 1.59 bits per heavy atom. The Balaban J connectivity index is 0.767. The third-order valence-corrected chi connectivity index (χ3v) is 21.2. The number of ether oxygens (including phenoxy) is 13. The average molecular weight is 1860 g/mol. The first-order valence-corrected chi connectivity index (χ1v) is 41.3. The monoisotopic (exact) mass is 1860 g/mol. The van der Waals surface area contributed by atoms with Crippen LogP contribution in [0.3, 0.4) is 0 Å². The summed E-state index contributed by atoms with van der Waals surface area (Å²) in [6.07, 6.45) is -55.3. The van der Waals surface area contributed by atoms with Crippen molar-refractivity contribution in [3.8, 4) is 0 Å². The van der Waals surface area contributed by atoms with Crippen LogP contribution in [-0.4, -0.2) is 459 Å². The van der Waals surface area contributed by atoms with Gasteiger partial charge in [0.2, 0.25) is 41.4 Å². The van der Waals surface area contributed by atoms with E-state index in [-0.39, 0.29) is 103 Å². The van der Waals surface area contributed by atoms with Crippen molar-refractivity contribution in [1.29, 1.82) is 0 Å². The van der Waals surface area contributed by atoms with Crippen molar-refractivity contribution in [3.63, 3.8) is 0 Å². The third kappa shape index (κ3) is 30.9. The first-order valence-electron chi connectivity index (χ1n) is 41.3. The first-order chi connectivity index (χ1) is 61.4. The fourth-order valence-electron chi connectivity index (χ4n) is 14.0. The number of carbonyl (C=O) groups excluding carboxylic acids is 7. The van der Waals surface area contributed by atoms with Crippen LogP contribution < -0.4 is 70.2 Å². The van der Waals surface area contributed by atoms with Gasteiger partial charge < -0.3 is 218 Å². The minimum Gasteiger partial charge on any atom is -0.481 e. The molecule has 6 aliphatic heterocycles. The lowest BCUT2D eigenvalue weighted by atomic mass is 9.95. The molecule has 54 heteroatoms. The summed E-state index contributed by atoms with van der Waals surface area (Å²) in [7, 11) is 0. The van der Waals surface area contributed by atoms with Crippen molar-refractivity contribution in [2.75, 3.05) is 129 Å². The highest BCUT2D eigenvalue weighted by atomic mass is 16.8. The van der Waals surface area contributed by atoms with E-state index in [1.54, 1.807) is 30.3 Å². The van der Waals surface area contributed by atoms with Gasteiger partial charge in [0.1, 0.15) is 177 Å². The Morgan fingerprint density at radius 2 is 1.01 bits per heavy atom. The molecule has 2 aromatic carbocycles. The number of hydrogen-bond acceptors (Lipinski definition) is 44. The van der Waals surface area contributed by atoms with E-state index < -0.39 is 326 Å². The number of benzene rings is 1. The number of hydrogen-bond donors (Lipinski definition) is 30. The molecule has 0 saturated carbocycles. The molecule has 6 heterocycles. The van der Waals surface area contributed by atoms with Crippen LogP contribution in [0.25, 0.3) is 0 Å². The van der Waals surface area contributed by atoms with Gasteiger partial charge >= 0.3 is 5.97 Å². The van der Waals surface area contributed by atoms with Crippen LogP contribution in [0.15, 0.2) is 44.9 Å². The number of nitrogens with zero attached hydrogens (tertiary/aromatic N) is 1. The van der Waals surface area contributed by atoms with Crippen molar-refractivity contribution < 1.29 is 197 Å². The smallest absolute Gasteiger partial charge is 0.305 e. The van der Waals surface area contributed by atoms with Gasteiger partial charge in [-0.3, -0.25) is 52.9 Å². The number of nitrogens with two attached hydrogens (primary N) is 2. The van der Waals surface area contributed by atoms with Crippen LogP contribution in [0.2, 0.25) is 0 Å². The van der Waals surface area contributed by atoms with E-state index in [0.29, 0.717) is 5.56 Å². The van der Waals surface area contributed by atoms with E-state index in [9.17, 15) is 145 Å². The predicted molar refractivity (Wildman–Crippen MR) is 426 cm³/mol. The maximum absolute atomic E-state index is 14.1. The van der Waals surface area contributed by atoms with Crippen molar-refractivity contribution in [2.24, 2.45) is 16.5 Å². The molecule has 129 heavy (non-hydrogen) atoms. The molecule has 7 amide bonds. The molecule has 0 aromatic heterocycles. The molecule has 0 bridgehead atoms. The zero-order valence-electron chi connectivity index (χ0n) is 69.5. The van der Waals surface area contributed by atoms with Crippen LogP contribution in [0.4, 0.5) is 11.4 Å². The Hall–Kier alpha value is -8.31. The Labute approximate surface area is 733 Å². The zero-order valence-corrected chi connectivity index (χ0v) is 69.5. The summed E-state index contributed by atoms with van der Waals surface area (Å²) in [5.41, 5.74) is 8.57. The number of carboxylic acids is 1. The quantitative estimate of drug-likeness (QED) is 0.0127. The molecule has 32 N–H and O–H groups in total. The van der Waals surface area contributed by atoms with Crippen molar-refractivity contribution in [3.05, 3.63) is 56.3 Å². The van der Waals surface area contributed by atoms with Crippen molar-refractivity contribution in [2.45, 2.75) is 235 Å². The molecule has 6 saturated heterocycles. The maximum atomic E-state index is 14.1. The van der Waals surface area contributed by atoms with Gasteiger partial charge in [-0.1, -0.05) is 30.3 Å². The largest absolute Gasteiger partial charge is 0.481 e. The van der Waals surface area contributed by atoms with Gasteiger partial charge in [-0.25, -0.2) is 0 Å². The van der Waals surface area contributed by atoms with E-state index in [1.165, 1.54) is 0 Å². The lowest BCUT2D eigenvalue weighted by molar-refractivity contribution is -0.389. The Bertz CT molecular complexity index is 3960. The number of anilines is 2. The second-order valence-electron chi connectivity index (χ2n) is 30.9. The van der Waals surface area contributed by atoms with Crippen LogP contribution in [0, 0.1) is 0 Å². The summed E-state index contributed by atoms with van der Waals surface area (Å²) < 4.78 is 73.0. The van der Waals surface area contributed by atoms with E-state index in [2.05, 4.69) is 52.8 Å². The van der Waals surface area contributed by atoms with E-state index in [0.717, 1.165) is 0 Å². The fourth-order valence-corrected chi connectivity index (χ4v) is 14.0. The van der Waals surface area contributed by atoms with Gasteiger partial charge in [0.15, 0.2) is 37.4 Å². The number of carbonyl (C=O) groups is 8. The average Bonchev–Trinajstić information content (AvgIpc) is 0.862. The summed E-state index contributed by atoms with van der Waals surface area (Å²) in [6, 6.07) is 2.67. The SMILES string of the molecule is NC(N)=NCCC[C@@H]1NC(=O)[C@H](CCCCNC(=O)COCCOCCNC(=O)COCCNc2c(NC[C@H](O)[C@@H](O)[C@H](O[C@@H]3O[C@H](CO[C@H]4OC[C@@H](O)[C@H](O)[C@H]4O)[C@@H](O[C@@H]4O[C@H](CO[C@H]5OC[C@@H](O)[C@H](O)[C@H]5O)[C@@H](O[C@H]5O[C@H](CO)[C@@H](O)[C@H](O)[C@H]5O)[C@H](O)[C@H]4O)[C@H](O)[C@H]3O)[C@H](O)CO)c(=O)c2=O)NC(=O)[C@@H](Cc2ccccc2)NC(=O)[C@H](CC(=O)O)NC(=O)CNC1=O. The van der Waals surface area contributed by atoms with Crippen molar-refractivity contribution in [1.82, 2.24) is 37.2 Å². The van der Waals surface area contributed by atoms with Crippen molar-refractivity contribution >= 4 is 64.7 Å². The molecule has 0 unspecified atom stereocenters. The molecule has 0 spiro atoms. The highest BCUT2D eigenvalue weighted by molar-refractivity contribution is 5.98. The highest BCUT2D eigenvalue weighted by Crippen LogP contribution is 2.36. The van der Waals surface area contributed by atoms with Crippen LogP contribution in [0.1, 0.15) is 44.1 Å². The third-order valence-electron chi connectivity index (χ3n) is 21.2. The summed E-state index contributed by atoms with van der Waals surface area (Å²) >= 11 is 0. The molecule has 54 nitrogen and oxygen atoms in total. The lowest BCUT2D eigenvalue weighted by Crippen LogP contribution is -2.67. The number of nitrogens with one attached hydrogen (secondary N) is 9. The lowest BCUT2D eigenvalue weighted by Gasteiger charge is -2.49. The minimum atomic E-state index is -2.42. The predicted octanol–water partition coefficient (Wildman–Crippen LogP) is -17.8. The number of aliphatic hydroxyl groups is 18. The highest BCUT2D eigenvalue weighted by Gasteiger charge is 2.56. The van der Waals surface area contributed by atoms with Gasteiger partial charge in [-0.15, -0.1) is 0 Å². The fraction of sp³-hybridized carbons (Fsp3) is 0.747. The first kappa shape index (κ1) is 106. The summed E-state index contributed by atoms with van der Waals surface area (Å²) in [5, 5.41) is 227. The number of aliphatic hydroxyl groups excluding tert-OH is 18. The number of aliphatic carboxylic acids is 1. The molecule has 730 valence electrons. The second kappa shape index (κ2) is 52.2. The zero-order chi connectivity index (χ0) is 94.5. The van der Waals surface area contributed by atoms with Crippen LogP contribution >= 0.6 is 0 Å². The number of rotatable bonds is 47. The van der Waals surface area contributed by atoms with Crippen LogP contribution in [-0.2, 0) is 106 Å². The minimum absolute atomic E-state index is 0.00255. The van der Waals surface area contributed by atoms with Crippen LogP contribution in [0.5, 0.6) is 0 Å².